The van der Waals surface area contributed by atoms with E-state index in [2.05, 4.69) is 5.32 Å². The van der Waals surface area contributed by atoms with Crippen molar-refractivity contribution in [2.75, 3.05) is 27.3 Å². The topological polar surface area (TPSA) is 67.8 Å². The highest BCUT2D eigenvalue weighted by Gasteiger charge is 2.13. The van der Waals surface area contributed by atoms with Crippen molar-refractivity contribution in [2.24, 2.45) is 0 Å². The van der Waals surface area contributed by atoms with E-state index < -0.39 is 5.97 Å². The van der Waals surface area contributed by atoms with Gasteiger partial charge in [-0.2, -0.15) is 0 Å². The normalized spacial score (nSPS) is 10.3. The summed E-state index contributed by atoms with van der Waals surface area (Å²) >= 11 is 0. The molecule has 0 saturated carbocycles. The average molecular weight is 267 g/mol. The third kappa shape index (κ3) is 3.86. The zero-order valence-electron chi connectivity index (χ0n) is 11.9. The monoisotopic (exact) mass is 267 g/mol. The Hall–Kier alpha value is -1.75. The van der Waals surface area contributed by atoms with Crippen molar-refractivity contribution in [1.82, 2.24) is 5.32 Å². The maximum absolute atomic E-state index is 10.4. The largest absolute Gasteiger partial charge is 0.496 e. The van der Waals surface area contributed by atoms with Crippen LogP contribution in [0.25, 0.3) is 0 Å². The van der Waals surface area contributed by atoms with Gasteiger partial charge >= 0.3 is 5.97 Å². The number of carbonyl (C=O) groups is 1. The van der Waals surface area contributed by atoms with Crippen LogP contribution in [0.2, 0.25) is 0 Å². The summed E-state index contributed by atoms with van der Waals surface area (Å²) in [5.74, 6) is 0.812. The van der Waals surface area contributed by atoms with Crippen molar-refractivity contribution in [3.8, 4) is 11.5 Å². The van der Waals surface area contributed by atoms with Gasteiger partial charge in [0.05, 0.1) is 20.8 Å². The number of carboxylic acid groups (broad SMARTS) is 1. The van der Waals surface area contributed by atoms with Crippen LogP contribution in [0.3, 0.4) is 0 Å². The highest BCUT2D eigenvalue weighted by atomic mass is 16.5. The Balaban J connectivity index is 2.86. The minimum atomic E-state index is -0.857. The van der Waals surface area contributed by atoms with Gasteiger partial charge in [-0.3, -0.25) is 4.79 Å². The van der Waals surface area contributed by atoms with Crippen molar-refractivity contribution in [3.05, 3.63) is 22.8 Å². The Morgan fingerprint density at radius 2 is 1.95 bits per heavy atom. The van der Waals surface area contributed by atoms with E-state index in [1.54, 1.807) is 14.2 Å². The van der Waals surface area contributed by atoms with Gasteiger partial charge in [-0.25, -0.2) is 0 Å². The van der Waals surface area contributed by atoms with E-state index in [1.165, 1.54) is 0 Å². The lowest BCUT2D eigenvalue weighted by atomic mass is 10.0. The molecule has 0 spiro atoms. The molecule has 19 heavy (non-hydrogen) atoms. The first-order valence-electron chi connectivity index (χ1n) is 6.14. The molecule has 0 aromatic heterocycles. The molecule has 106 valence electrons. The van der Waals surface area contributed by atoms with Crippen LogP contribution in [0, 0.1) is 13.8 Å². The molecule has 1 rings (SSSR count). The van der Waals surface area contributed by atoms with Crippen molar-refractivity contribution >= 4 is 5.97 Å². The number of hydrogen-bond acceptors (Lipinski definition) is 4. The van der Waals surface area contributed by atoms with E-state index in [4.69, 9.17) is 14.6 Å². The average Bonchev–Trinajstić information content (AvgIpc) is 2.38. The van der Waals surface area contributed by atoms with Gasteiger partial charge in [0.15, 0.2) is 0 Å². The summed E-state index contributed by atoms with van der Waals surface area (Å²) in [6.45, 7) is 4.52. The molecule has 1 aromatic carbocycles. The number of rotatable bonds is 7. The quantitative estimate of drug-likeness (QED) is 0.733. The van der Waals surface area contributed by atoms with Gasteiger partial charge < -0.3 is 19.9 Å². The number of nitrogens with one attached hydrogen (secondary N) is 1. The number of benzene rings is 1. The number of hydrogen-bond donors (Lipinski definition) is 2. The maximum Gasteiger partial charge on any atom is 0.317 e. The molecule has 0 unspecified atom stereocenters. The molecular weight excluding hydrogens is 246 g/mol. The summed E-state index contributed by atoms with van der Waals surface area (Å²) in [5, 5.41) is 11.4. The second kappa shape index (κ2) is 6.99. The third-order valence-corrected chi connectivity index (χ3v) is 3.14. The predicted molar refractivity (Wildman–Crippen MR) is 73.2 cm³/mol. The zero-order chi connectivity index (χ0) is 14.4. The summed E-state index contributed by atoms with van der Waals surface area (Å²) in [4.78, 5) is 10.4. The highest BCUT2D eigenvalue weighted by molar-refractivity contribution is 5.69. The number of ether oxygens (including phenoxy) is 2. The first-order chi connectivity index (χ1) is 9.01. The molecule has 1 aromatic rings. The van der Waals surface area contributed by atoms with E-state index in [1.807, 2.05) is 19.9 Å². The van der Waals surface area contributed by atoms with Crippen molar-refractivity contribution in [1.29, 1.82) is 0 Å². The molecule has 5 heteroatoms. The molecule has 0 aliphatic rings. The van der Waals surface area contributed by atoms with Gasteiger partial charge in [0, 0.05) is 0 Å². The van der Waals surface area contributed by atoms with Gasteiger partial charge in [-0.15, -0.1) is 0 Å². The van der Waals surface area contributed by atoms with Gasteiger partial charge in [0.25, 0.3) is 0 Å². The molecule has 0 atom stereocenters. The fourth-order valence-corrected chi connectivity index (χ4v) is 2.03. The highest BCUT2D eigenvalue weighted by Crippen LogP contribution is 2.33. The van der Waals surface area contributed by atoms with Crippen LogP contribution in [0.1, 0.15) is 16.7 Å². The first-order valence-corrected chi connectivity index (χ1v) is 6.14. The van der Waals surface area contributed by atoms with Crippen LogP contribution < -0.4 is 14.8 Å². The lowest BCUT2D eigenvalue weighted by Gasteiger charge is -2.16. The van der Waals surface area contributed by atoms with Crippen LogP contribution in [-0.2, 0) is 11.2 Å². The van der Waals surface area contributed by atoms with Crippen molar-refractivity contribution < 1.29 is 19.4 Å². The SMILES string of the molecule is COc1cc(CCNCC(=O)O)c(OC)c(C)c1C. The summed E-state index contributed by atoms with van der Waals surface area (Å²) < 4.78 is 10.8. The number of carboxylic acids is 1. The molecule has 2 N–H and O–H groups in total. The fourth-order valence-electron chi connectivity index (χ4n) is 2.03. The van der Waals surface area contributed by atoms with E-state index in [0.717, 1.165) is 28.2 Å². The second-order valence-corrected chi connectivity index (χ2v) is 4.34. The molecule has 0 saturated heterocycles. The van der Waals surface area contributed by atoms with Gasteiger partial charge in [-0.05, 0) is 49.6 Å². The molecule has 0 bridgehead atoms. The van der Waals surface area contributed by atoms with E-state index in [-0.39, 0.29) is 6.54 Å². The van der Waals surface area contributed by atoms with Crippen LogP contribution in [0.5, 0.6) is 11.5 Å². The molecule has 0 amide bonds. The Labute approximate surface area is 113 Å². The Bertz CT molecular complexity index is 457. The van der Waals surface area contributed by atoms with Gasteiger partial charge in [-0.1, -0.05) is 0 Å². The Kier molecular flexibility index (Phi) is 5.63. The Morgan fingerprint density at radius 3 is 2.47 bits per heavy atom. The van der Waals surface area contributed by atoms with Gasteiger partial charge in [0.2, 0.25) is 0 Å². The molecule has 5 nitrogen and oxygen atoms in total. The lowest BCUT2D eigenvalue weighted by Crippen LogP contribution is -2.24. The molecule has 0 fully saturated rings. The summed E-state index contributed by atoms with van der Waals surface area (Å²) in [7, 11) is 3.28. The number of methoxy groups -OCH3 is 2. The summed E-state index contributed by atoms with van der Waals surface area (Å²) in [6, 6.07) is 1.95. The van der Waals surface area contributed by atoms with E-state index in [0.29, 0.717) is 13.0 Å². The van der Waals surface area contributed by atoms with E-state index in [9.17, 15) is 4.79 Å². The predicted octanol–water partition coefficient (Wildman–Crippen LogP) is 1.54. The fraction of sp³-hybridized carbons (Fsp3) is 0.500. The molecule has 0 heterocycles. The first kappa shape index (κ1) is 15.3. The molecule has 0 aliphatic heterocycles. The minimum absolute atomic E-state index is 0.0374. The second-order valence-electron chi connectivity index (χ2n) is 4.34. The maximum atomic E-state index is 10.4. The standard InChI is InChI=1S/C14H21NO4/c1-9-10(2)14(19-4)11(7-12(9)18-3)5-6-15-8-13(16)17/h7,15H,5-6,8H2,1-4H3,(H,16,17). The number of aliphatic carboxylic acids is 1. The molecule has 0 radical (unpaired) electrons. The third-order valence-electron chi connectivity index (χ3n) is 3.14. The molecular formula is C14H21NO4. The zero-order valence-corrected chi connectivity index (χ0v) is 11.9. The van der Waals surface area contributed by atoms with Crippen LogP contribution in [-0.4, -0.2) is 38.4 Å². The van der Waals surface area contributed by atoms with Crippen LogP contribution in [0.4, 0.5) is 0 Å². The smallest absolute Gasteiger partial charge is 0.317 e. The van der Waals surface area contributed by atoms with Crippen molar-refractivity contribution in [2.45, 2.75) is 20.3 Å². The van der Waals surface area contributed by atoms with Gasteiger partial charge in [0.1, 0.15) is 11.5 Å². The van der Waals surface area contributed by atoms with Crippen molar-refractivity contribution in [3.63, 3.8) is 0 Å². The van der Waals surface area contributed by atoms with E-state index >= 15 is 0 Å². The summed E-state index contributed by atoms with van der Waals surface area (Å²) in [5.41, 5.74) is 3.12. The summed E-state index contributed by atoms with van der Waals surface area (Å²) in [6.07, 6.45) is 0.688. The Morgan fingerprint density at radius 1 is 1.26 bits per heavy atom. The lowest BCUT2D eigenvalue weighted by molar-refractivity contribution is -0.135. The molecule has 0 aliphatic carbocycles. The minimum Gasteiger partial charge on any atom is -0.496 e. The van der Waals surface area contributed by atoms with Crippen LogP contribution in [0.15, 0.2) is 6.07 Å². The van der Waals surface area contributed by atoms with Crippen LogP contribution >= 0.6 is 0 Å².